The molecule has 0 amide bonds. The van der Waals surface area contributed by atoms with Crippen molar-refractivity contribution >= 4 is 11.6 Å². The molecule has 0 aromatic carbocycles. The van der Waals surface area contributed by atoms with Gasteiger partial charge in [0.1, 0.15) is 11.3 Å². The number of likely N-dealkylation sites (tertiary alicyclic amines) is 1. The molecule has 1 atom stereocenters. The lowest BCUT2D eigenvalue weighted by Crippen LogP contribution is -2.45. The highest BCUT2D eigenvalue weighted by atomic mass is 16.4. The number of aromatic carboxylic acids is 1. The van der Waals surface area contributed by atoms with Gasteiger partial charge >= 0.3 is 5.97 Å². The fourth-order valence-corrected chi connectivity index (χ4v) is 3.50. The molecule has 3 rings (SSSR count). The van der Waals surface area contributed by atoms with Crippen LogP contribution in [0.2, 0.25) is 0 Å². The van der Waals surface area contributed by atoms with E-state index in [0.717, 1.165) is 18.7 Å². The summed E-state index contributed by atoms with van der Waals surface area (Å²) >= 11 is 0. The van der Waals surface area contributed by atoms with E-state index in [0.29, 0.717) is 17.7 Å². The van der Waals surface area contributed by atoms with Crippen molar-refractivity contribution in [2.24, 2.45) is 0 Å². The first-order valence-corrected chi connectivity index (χ1v) is 8.02. The number of rotatable bonds is 4. The number of fused-ring (bicyclic) bond motifs is 1. The van der Waals surface area contributed by atoms with Crippen molar-refractivity contribution in [3.8, 4) is 0 Å². The summed E-state index contributed by atoms with van der Waals surface area (Å²) in [6, 6.07) is 6.26. The predicted octanol–water partition coefficient (Wildman–Crippen LogP) is 2.84. The smallest absolute Gasteiger partial charge is 0.352 e. The molecule has 1 N–H and O–H groups in total. The first kappa shape index (κ1) is 15.0. The Morgan fingerprint density at radius 3 is 2.95 bits per heavy atom. The van der Waals surface area contributed by atoms with Gasteiger partial charge in [-0.25, -0.2) is 9.78 Å². The molecule has 5 heteroatoms. The highest BCUT2D eigenvalue weighted by molar-refractivity contribution is 5.86. The highest BCUT2D eigenvalue weighted by Gasteiger charge is 2.25. The van der Waals surface area contributed by atoms with E-state index in [2.05, 4.69) is 23.7 Å². The van der Waals surface area contributed by atoms with Crippen molar-refractivity contribution in [3.63, 3.8) is 0 Å². The summed E-state index contributed by atoms with van der Waals surface area (Å²) in [5.74, 6) is -0.920. The molecular weight excluding hydrogens is 278 g/mol. The summed E-state index contributed by atoms with van der Waals surface area (Å²) in [5, 5.41) is 9.27. The lowest BCUT2D eigenvalue weighted by molar-refractivity contribution is 0.0689. The summed E-state index contributed by atoms with van der Waals surface area (Å²) < 4.78 is 1.68. The van der Waals surface area contributed by atoms with Gasteiger partial charge in [0, 0.05) is 24.7 Å². The topological polar surface area (TPSA) is 57.8 Å². The second-order valence-electron chi connectivity index (χ2n) is 6.36. The maximum absolute atomic E-state index is 11.3. The Balaban J connectivity index is 1.87. The Bertz CT molecular complexity index is 678. The number of piperidine rings is 1. The number of hydrogen-bond donors (Lipinski definition) is 1. The Labute approximate surface area is 130 Å². The van der Waals surface area contributed by atoms with Crippen molar-refractivity contribution in [1.82, 2.24) is 14.3 Å². The van der Waals surface area contributed by atoms with Gasteiger partial charge in [-0.05, 0) is 45.4 Å². The molecule has 0 spiro atoms. The summed E-state index contributed by atoms with van der Waals surface area (Å²) in [7, 11) is 0. The van der Waals surface area contributed by atoms with Gasteiger partial charge in [-0.2, -0.15) is 0 Å². The van der Waals surface area contributed by atoms with Crippen LogP contribution in [-0.4, -0.2) is 44.0 Å². The van der Waals surface area contributed by atoms with Crippen LogP contribution in [-0.2, 0) is 6.42 Å². The van der Waals surface area contributed by atoms with Crippen molar-refractivity contribution in [3.05, 3.63) is 35.8 Å². The normalized spacial score (nSPS) is 19.9. The van der Waals surface area contributed by atoms with E-state index in [1.807, 2.05) is 12.3 Å². The predicted molar refractivity (Wildman–Crippen MR) is 85.3 cm³/mol. The van der Waals surface area contributed by atoms with Gasteiger partial charge in [0.2, 0.25) is 0 Å². The van der Waals surface area contributed by atoms with E-state index in [1.165, 1.54) is 19.3 Å². The Hall–Kier alpha value is -1.88. The summed E-state index contributed by atoms with van der Waals surface area (Å²) in [6.45, 7) is 5.63. The minimum Gasteiger partial charge on any atom is -0.477 e. The van der Waals surface area contributed by atoms with Crippen molar-refractivity contribution < 1.29 is 9.90 Å². The van der Waals surface area contributed by atoms with Gasteiger partial charge in [-0.3, -0.25) is 9.30 Å². The van der Waals surface area contributed by atoms with Crippen LogP contribution in [0.15, 0.2) is 24.4 Å². The zero-order chi connectivity index (χ0) is 15.7. The van der Waals surface area contributed by atoms with E-state index >= 15 is 0 Å². The largest absolute Gasteiger partial charge is 0.477 e. The maximum Gasteiger partial charge on any atom is 0.352 e. The lowest BCUT2D eigenvalue weighted by atomic mass is 9.97. The fourth-order valence-electron chi connectivity index (χ4n) is 3.50. The standard InChI is InChI=1S/C17H23N3O2/c1-12(2)19-9-4-3-6-14(19)10-13-11-20-15(17(21)22)7-5-8-16(20)18-13/h5,7-8,11-12,14H,3-4,6,9-10H2,1-2H3,(H,21,22). The number of carboxylic acids is 1. The highest BCUT2D eigenvalue weighted by Crippen LogP contribution is 2.23. The number of pyridine rings is 1. The second-order valence-corrected chi connectivity index (χ2v) is 6.36. The molecule has 1 saturated heterocycles. The van der Waals surface area contributed by atoms with Crippen LogP contribution < -0.4 is 0 Å². The zero-order valence-electron chi connectivity index (χ0n) is 13.2. The first-order chi connectivity index (χ1) is 10.6. The molecule has 118 valence electrons. The average molecular weight is 301 g/mol. The fraction of sp³-hybridized carbons (Fsp3) is 0.529. The molecule has 3 heterocycles. The Kier molecular flexibility index (Phi) is 4.16. The molecular formula is C17H23N3O2. The number of hydrogen-bond acceptors (Lipinski definition) is 3. The van der Waals surface area contributed by atoms with Crippen LogP contribution >= 0.6 is 0 Å². The zero-order valence-corrected chi connectivity index (χ0v) is 13.2. The van der Waals surface area contributed by atoms with Crippen molar-refractivity contribution in [2.75, 3.05) is 6.54 Å². The molecule has 2 aromatic heterocycles. The Morgan fingerprint density at radius 2 is 2.23 bits per heavy atom. The molecule has 1 aliphatic heterocycles. The van der Waals surface area contributed by atoms with E-state index in [-0.39, 0.29) is 5.69 Å². The van der Waals surface area contributed by atoms with Crippen LogP contribution in [0, 0.1) is 0 Å². The van der Waals surface area contributed by atoms with E-state index in [1.54, 1.807) is 16.5 Å². The average Bonchev–Trinajstić information content (AvgIpc) is 2.89. The van der Waals surface area contributed by atoms with Gasteiger partial charge in [-0.15, -0.1) is 0 Å². The minimum atomic E-state index is -0.920. The van der Waals surface area contributed by atoms with Gasteiger partial charge < -0.3 is 5.11 Å². The van der Waals surface area contributed by atoms with Crippen LogP contribution in [0.25, 0.3) is 5.65 Å². The second kappa shape index (κ2) is 6.08. The molecule has 5 nitrogen and oxygen atoms in total. The van der Waals surface area contributed by atoms with E-state index in [9.17, 15) is 9.90 Å². The number of carbonyl (C=O) groups is 1. The Morgan fingerprint density at radius 1 is 1.41 bits per heavy atom. The molecule has 1 aliphatic rings. The molecule has 0 saturated carbocycles. The SMILES string of the molecule is CC(C)N1CCCCC1Cc1cn2c(C(=O)O)cccc2n1. The molecule has 2 aromatic rings. The summed E-state index contributed by atoms with van der Waals surface area (Å²) in [4.78, 5) is 18.5. The minimum absolute atomic E-state index is 0.264. The lowest BCUT2D eigenvalue weighted by Gasteiger charge is -2.38. The molecule has 0 aliphatic carbocycles. The van der Waals surface area contributed by atoms with Crippen molar-refractivity contribution in [1.29, 1.82) is 0 Å². The third-order valence-electron chi connectivity index (χ3n) is 4.54. The maximum atomic E-state index is 11.3. The number of imidazole rings is 1. The number of nitrogens with zero attached hydrogens (tertiary/aromatic N) is 3. The summed E-state index contributed by atoms with van der Waals surface area (Å²) in [5.41, 5.74) is 1.95. The number of carboxylic acid groups (broad SMARTS) is 1. The third kappa shape index (κ3) is 2.86. The van der Waals surface area contributed by atoms with Crippen LogP contribution in [0.5, 0.6) is 0 Å². The third-order valence-corrected chi connectivity index (χ3v) is 4.54. The van der Waals surface area contributed by atoms with Gasteiger partial charge in [-0.1, -0.05) is 12.5 Å². The van der Waals surface area contributed by atoms with Crippen LogP contribution in [0.3, 0.4) is 0 Å². The summed E-state index contributed by atoms with van der Waals surface area (Å²) in [6.07, 6.45) is 6.49. The van der Waals surface area contributed by atoms with Gasteiger partial charge in [0.15, 0.2) is 0 Å². The quantitative estimate of drug-likeness (QED) is 0.943. The van der Waals surface area contributed by atoms with Gasteiger partial charge in [0.25, 0.3) is 0 Å². The van der Waals surface area contributed by atoms with Crippen LogP contribution in [0.4, 0.5) is 0 Å². The van der Waals surface area contributed by atoms with Crippen molar-refractivity contribution in [2.45, 2.75) is 51.6 Å². The van der Waals surface area contributed by atoms with Gasteiger partial charge in [0.05, 0.1) is 5.69 Å². The monoisotopic (exact) mass is 301 g/mol. The molecule has 1 fully saturated rings. The molecule has 1 unspecified atom stereocenters. The van der Waals surface area contributed by atoms with E-state index in [4.69, 9.17) is 0 Å². The molecule has 0 radical (unpaired) electrons. The first-order valence-electron chi connectivity index (χ1n) is 8.02. The van der Waals surface area contributed by atoms with Crippen LogP contribution in [0.1, 0.15) is 49.3 Å². The molecule has 0 bridgehead atoms. The van der Waals surface area contributed by atoms with E-state index < -0.39 is 5.97 Å². The molecule has 22 heavy (non-hydrogen) atoms. The number of aromatic nitrogens is 2.